The molecule has 1 amide bonds. The first-order valence-electron chi connectivity index (χ1n) is 11.7. The van der Waals surface area contributed by atoms with Gasteiger partial charge in [0, 0.05) is 17.9 Å². The van der Waals surface area contributed by atoms with Gasteiger partial charge >= 0.3 is 5.69 Å². The van der Waals surface area contributed by atoms with Crippen LogP contribution in [0.2, 0.25) is 0 Å². The molecule has 2 aromatic heterocycles. The molecule has 2 N–H and O–H groups in total. The van der Waals surface area contributed by atoms with Crippen molar-refractivity contribution >= 4 is 22.6 Å². The fraction of sp³-hybridized carbons (Fsp3) is 0.462. The molecule has 0 saturated carbocycles. The van der Waals surface area contributed by atoms with Crippen molar-refractivity contribution in [2.24, 2.45) is 0 Å². The third-order valence-electron chi connectivity index (χ3n) is 5.86. The van der Waals surface area contributed by atoms with Gasteiger partial charge in [-0.2, -0.15) is 0 Å². The minimum Gasteiger partial charge on any atom is -0.321 e. The number of hydrogen-bond donors (Lipinski definition) is 2. The Morgan fingerprint density at radius 1 is 1.03 bits per heavy atom. The van der Waals surface area contributed by atoms with Crippen LogP contribution in [-0.2, 0) is 6.54 Å². The van der Waals surface area contributed by atoms with E-state index in [4.69, 9.17) is 0 Å². The predicted octanol–water partition coefficient (Wildman–Crippen LogP) is 5.12. The monoisotopic (exact) mass is 450 g/mol. The first-order valence-corrected chi connectivity index (χ1v) is 11.7. The number of aromatic nitrogens is 3. The summed E-state index contributed by atoms with van der Waals surface area (Å²) in [6.07, 6.45) is 0.690. The highest BCUT2D eigenvalue weighted by Gasteiger charge is 2.23. The molecule has 176 valence electrons. The lowest BCUT2D eigenvalue weighted by molar-refractivity contribution is 0.102. The van der Waals surface area contributed by atoms with Crippen LogP contribution in [-0.4, -0.2) is 20.4 Å². The Balaban J connectivity index is 2.29. The summed E-state index contributed by atoms with van der Waals surface area (Å²) in [4.78, 5) is 46.0. The van der Waals surface area contributed by atoms with Crippen LogP contribution < -0.4 is 16.6 Å². The van der Waals surface area contributed by atoms with Gasteiger partial charge in [0.25, 0.3) is 11.5 Å². The third-order valence-corrected chi connectivity index (χ3v) is 5.86. The van der Waals surface area contributed by atoms with Gasteiger partial charge in [0.05, 0.1) is 10.9 Å². The van der Waals surface area contributed by atoms with Gasteiger partial charge in [-0.25, -0.2) is 9.78 Å². The van der Waals surface area contributed by atoms with Crippen LogP contribution in [0.3, 0.4) is 0 Å². The molecule has 0 aliphatic carbocycles. The highest BCUT2D eigenvalue weighted by Crippen LogP contribution is 2.33. The van der Waals surface area contributed by atoms with Crippen LogP contribution in [0.5, 0.6) is 0 Å². The van der Waals surface area contributed by atoms with Gasteiger partial charge in [-0.05, 0) is 41.4 Å². The van der Waals surface area contributed by atoms with E-state index in [1.165, 1.54) is 4.57 Å². The Bertz CT molecular complexity index is 1270. The molecule has 0 bridgehead atoms. The van der Waals surface area contributed by atoms with Crippen molar-refractivity contribution in [1.82, 2.24) is 14.5 Å². The zero-order valence-electron chi connectivity index (χ0n) is 20.6. The second-order valence-corrected chi connectivity index (χ2v) is 9.43. The summed E-state index contributed by atoms with van der Waals surface area (Å²) in [6, 6.07) is 7.71. The standard InChI is InChI=1S/C26H34N4O3/c1-8-12-30-23-21(25(32)29-26(30)33)19(13-20(27-23)16(6)7)24(31)28-22-17(14(2)3)10-9-11-18(22)15(4)5/h9-11,13-16H,8,12H2,1-7H3,(H,28,31)(H,29,32,33). The second-order valence-electron chi connectivity index (χ2n) is 9.43. The predicted molar refractivity (Wildman–Crippen MR) is 134 cm³/mol. The van der Waals surface area contributed by atoms with Crippen LogP contribution in [0.15, 0.2) is 33.9 Å². The molecule has 7 nitrogen and oxygen atoms in total. The lowest BCUT2D eigenvalue weighted by atomic mass is 9.92. The lowest BCUT2D eigenvalue weighted by Crippen LogP contribution is -2.32. The van der Waals surface area contributed by atoms with E-state index in [2.05, 4.69) is 43.0 Å². The van der Waals surface area contributed by atoms with Crippen molar-refractivity contribution in [2.75, 3.05) is 5.32 Å². The molecule has 7 heteroatoms. The topological polar surface area (TPSA) is 96.9 Å². The van der Waals surface area contributed by atoms with Gasteiger partial charge < -0.3 is 5.32 Å². The summed E-state index contributed by atoms with van der Waals surface area (Å²) in [5.74, 6) is 0.0428. The van der Waals surface area contributed by atoms with Crippen molar-refractivity contribution < 1.29 is 4.79 Å². The molecule has 1 aromatic carbocycles. The maximum absolute atomic E-state index is 13.7. The molecule has 0 saturated heterocycles. The number of carbonyl (C=O) groups excluding carboxylic acids is 1. The number of rotatable bonds is 7. The highest BCUT2D eigenvalue weighted by atomic mass is 16.2. The Hall–Kier alpha value is -3.22. The minimum absolute atomic E-state index is 0.0135. The summed E-state index contributed by atoms with van der Waals surface area (Å²) >= 11 is 0. The van der Waals surface area contributed by atoms with Crippen molar-refractivity contribution in [1.29, 1.82) is 0 Å². The van der Waals surface area contributed by atoms with E-state index in [0.29, 0.717) is 18.7 Å². The smallest absolute Gasteiger partial charge is 0.321 e. The zero-order chi connectivity index (χ0) is 24.4. The van der Waals surface area contributed by atoms with Crippen LogP contribution in [0.4, 0.5) is 5.69 Å². The van der Waals surface area contributed by atoms with Gasteiger partial charge in [0.1, 0.15) is 0 Å². The van der Waals surface area contributed by atoms with Crippen molar-refractivity contribution in [3.05, 3.63) is 67.5 Å². The number of para-hydroxylation sites is 1. The molecule has 33 heavy (non-hydrogen) atoms. The van der Waals surface area contributed by atoms with Crippen LogP contribution in [0.25, 0.3) is 11.0 Å². The van der Waals surface area contributed by atoms with Crippen molar-refractivity contribution in [2.45, 2.75) is 79.2 Å². The summed E-state index contributed by atoms with van der Waals surface area (Å²) in [5.41, 5.74) is 2.87. The maximum atomic E-state index is 13.7. The van der Waals surface area contributed by atoms with Gasteiger partial charge in [-0.15, -0.1) is 0 Å². The van der Waals surface area contributed by atoms with E-state index >= 15 is 0 Å². The number of amides is 1. The van der Waals surface area contributed by atoms with E-state index in [1.807, 2.05) is 39.0 Å². The van der Waals surface area contributed by atoms with Crippen molar-refractivity contribution in [3.63, 3.8) is 0 Å². The number of H-pyrrole nitrogens is 1. The molecule has 0 radical (unpaired) electrons. The quantitative estimate of drug-likeness (QED) is 0.522. The zero-order valence-corrected chi connectivity index (χ0v) is 20.6. The van der Waals surface area contributed by atoms with Crippen molar-refractivity contribution in [3.8, 4) is 0 Å². The molecular formula is C26H34N4O3. The minimum atomic E-state index is -0.600. The molecule has 0 fully saturated rings. The van der Waals surface area contributed by atoms with Gasteiger partial charge in [0.15, 0.2) is 5.65 Å². The molecule has 0 aliphatic heterocycles. The van der Waals surface area contributed by atoms with E-state index in [-0.39, 0.29) is 40.3 Å². The van der Waals surface area contributed by atoms with Crippen LogP contribution in [0, 0.1) is 0 Å². The maximum Gasteiger partial charge on any atom is 0.329 e. The summed E-state index contributed by atoms with van der Waals surface area (Å²) < 4.78 is 1.45. The average Bonchev–Trinajstić information content (AvgIpc) is 2.75. The summed E-state index contributed by atoms with van der Waals surface area (Å²) in [6.45, 7) is 14.6. The largest absolute Gasteiger partial charge is 0.329 e. The van der Waals surface area contributed by atoms with Gasteiger partial charge in [0.2, 0.25) is 0 Å². The van der Waals surface area contributed by atoms with E-state index in [1.54, 1.807) is 6.07 Å². The van der Waals surface area contributed by atoms with Crippen LogP contribution >= 0.6 is 0 Å². The lowest BCUT2D eigenvalue weighted by Gasteiger charge is -2.21. The number of nitrogens with one attached hydrogen (secondary N) is 2. The van der Waals surface area contributed by atoms with Gasteiger partial charge in [-0.1, -0.05) is 66.7 Å². The summed E-state index contributed by atoms with van der Waals surface area (Å²) in [7, 11) is 0. The number of aryl methyl sites for hydroxylation is 1. The average molecular weight is 451 g/mol. The summed E-state index contributed by atoms with van der Waals surface area (Å²) in [5, 5.41) is 3.24. The highest BCUT2D eigenvalue weighted by molar-refractivity contribution is 6.12. The number of carbonyl (C=O) groups is 1. The van der Waals surface area contributed by atoms with E-state index in [0.717, 1.165) is 16.8 Å². The Kier molecular flexibility index (Phi) is 7.20. The first-order chi connectivity index (χ1) is 15.6. The molecule has 3 rings (SSSR count). The Morgan fingerprint density at radius 2 is 1.64 bits per heavy atom. The number of fused-ring (bicyclic) bond motifs is 1. The molecule has 3 aromatic rings. The number of benzene rings is 1. The number of hydrogen-bond acceptors (Lipinski definition) is 4. The van der Waals surface area contributed by atoms with E-state index < -0.39 is 11.2 Å². The first kappa shape index (κ1) is 24.4. The number of anilines is 1. The fourth-order valence-corrected chi connectivity index (χ4v) is 4.08. The second kappa shape index (κ2) is 9.73. The Labute approximate surface area is 194 Å². The normalized spacial score (nSPS) is 11.7. The Morgan fingerprint density at radius 3 is 2.15 bits per heavy atom. The molecule has 2 heterocycles. The molecule has 0 spiro atoms. The molecule has 0 aliphatic rings. The van der Waals surface area contributed by atoms with Gasteiger partial charge in [-0.3, -0.25) is 19.1 Å². The fourth-order valence-electron chi connectivity index (χ4n) is 4.08. The molecule has 0 atom stereocenters. The molecular weight excluding hydrogens is 416 g/mol. The SMILES string of the molecule is CCCn1c(=O)[nH]c(=O)c2c(C(=O)Nc3c(C(C)C)cccc3C(C)C)cc(C(C)C)nc21. The third kappa shape index (κ3) is 4.77. The number of aromatic amines is 1. The van der Waals surface area contributed by atoms with Crippen LogP contribution in [0.1, 0.15) is 99.8 Å². The number of nitrogens with zero attached hydrogens (tertiary/aromatic N) is 2. The van der Waals surface area contributed by atoms with E-state index in [9.17, 15) is 14.4 Å². The number of pyridine rings is 1. The molecule has 0 unspecified atom stereocenters.